The molecule has 0 spiro atoms. The molecule has 0 saturated carbocycles. The van der Waals surface area contributed by atoms with Crippen LogP contribution in [0.2, 0.25) is 0 Å². The Hall–Kier alpha value is -0.570. The van der Waals surface area contributed by atoms with E-state index >= 15 is 0 Å². The van der Waals surface area contributed by atoms with Crippen molar-refractivity contribution in [3.8, 4) is 0 Å². The molecule has 0 aliphatic carbocycles. The molecule has 3 nitrogen and oxygen atoms in total. The molecule has 1 N–H and O–H groups in total. The summed E-state index contributed by atoms with van der Waals surface area (Å²) in [5.41, 5.74) is 0. The van der Waals surface area contributed by atoms with Crippen molar-refractivity contribution in [2.75, 3.05) is 19.6 Å². The van der Waals surface area contributed by atoms with Crippen molar-refractivity contribution < 1.29 is 9.90 Å². The lowest BCUT2D eigenvalue weighted by atomic mass is 10.00. The minimum Gasteiger partial charge on any atom is -0.481 e. The predicted molar refractivity (Wildman–Crippen MR) is 60.9 cm³/mol. The average Bonchev–Trinajstić information content (AvgIpc) is 2.12. The van der Waals surface area contributed by atoms with Crippen LogP contribution in [0.5, 0.6) is 0 Å². The Morgan fingerprint density at radius 3 is 2.40 bits per heavy atom. The normalized spacial score (nSPS) is 17.7. The van der Waals surface area contributed by atoms with E-state index in [0.29, 0.717) is 0 Å². The molecule has 0 radical (unpaired) electrons. The average molecular weight is 213 g/mol. The number of carboxylic acid groups (broad SMARTS) is 1. The van der Waals surface area contributed by atoms with Gasteiger partial charge in [-0.1, -0.05) is 39.0 Å². The van der Waals surface area contributed by atoms with E-state index in [4.69, 9.17) is 5.11 Å². The summed E-state index contributed by atoms with van der Waals surface area (Å²) in [7, 11) is 0. The highest BCUT2D eigenvalue weighted by atomic mass is 16.4. The molecule has 1 aliphatic rings. The van der Waals surface area contributed by atoms with Crippen molar-refractivity contribution in [1.29, 1.82) is 0 Å². The Balaban J connectivity index is 1.84. The van der Waals surface area contributed by atoms with Crippen LogP contribution in [0.3, 0.4) is 0 Å². The summed E-state index contributed by atoms with van der Waals surface area (Å²) in [4.78, 5) is 12.8. The molecular formula is C12H23NO2. The third-order valence-corrected chi connectivity index (χ3v) is 3.13. The van der Waals surface area contributed by atoms with Gasteiger partial charge in [-0.15, -0.1) is 0 Å². The molecule has 0 amide bonds. The van der Waals surface area contributed by atoms with Gasteiger partial charge in [-0.2, -0.15) is 0 Å². The van der Waals surface area contributed by atoms with E-state index in [1.165, 1.54) is 38.5 Å². The van der Waals surface area contributed by atoms with Gasteiger partial charge in [0.25, 0.3) is 0 Å². The number of carboxylic acids is 1. The van der Waals surface area contributed by atoms with Crippen LogP contribution in [0, 0.1) is 5.92 Å². The van der Waals surface area contributed by atoms with E-state index in [0.717, 1.165) is 19.6 Å². The van der Waals surface area contributed by atoms with Gasteiger partial charge in [0.2, 0.25) is 0 Å². The molecular weight excluding hydrogens is 190 g/mol. The Kier molecular flexibility index (Phi) is 5.69. The molecule has 1 rings (SSSR count). The van der Waals surface area contributed by atoms with Crippen molar-refractivity contribution in [3.05, 3.63) is 0 Å². The van der Waals surface area contributed by atoms with E-state index in [1.54, 1.807) is 0 Å². The summed E-state index contributed by atoms with van der Waals surface area (Å²) in [5, 5.41) is 8.69. The van der Waals surface area contributed by atoms with Crippen molar-refractivity contribution in [1.82, 2.24) is 4.90 Å². The molecule has 1 aliphatic heterocycles. The quantitative estimate of drug-likeness (QED) is 0.629. The number of nitrogens with zero attached hydrogens (tertiary/aromatic N) is 1. The monoisotopic (exact) mass is 213 g/mol. The zero-order valence-corrected chi connectivity index (χ0v) is 9.74. The van der Waals surface area contributed by atoms with Crippen LogP contribution in [-0.2, 0) is 4.79 Å². The summed E-state index contributed by atoms with van der Waals surface area (Å²) in [5.74, 6) is -0.723. The topological polar surface area (TPSA) is 40.5 Å². The van der Waals surface area contributed by atoms with Crippen LogP contribution < -0.4 is 0 Å². The number of carbonyl (C=O) groups is 1. The van der Waals surface area contributed by atoms with Gasteiger partial charge in [-0.3, -0.25) is 4.79 Å². The Labute approximate surface area is 92.5 Å². The maximum Gasteiger partial charge on any atom is 0.309 e. The van der Waals surface area contributed by atoms with E-state index in [9.17, 15) is 4.79 Å². The molecule has 1 saturated heterocycles. The number of likely N-dealkylation sites (tertiary alicyclic amines) is 1. The summed E-state index contributed by atoms with van der Waals surface area (Å²) in [6.07, 6.45) is 7.87. The van der Waals surface area contributed by atoms with Crippen molar-refractivity contribution in [3.63, 3.8) is 0 Å². The Morgan fingerprint density at radius 1 is 1.20 bits per heavy atom. The van der Waals surface area contributed by atoms with Crippen molar-refractivity contribution >= 4 is 5.97 Å². The number of hydrogen-bond acceptors (Lipinski definition) is 2. The fraction of sp³-hybridized carbons (Fsp3) is 0.917. The zero-order chi connectivity index (χ0) is 11.1. The molecule has 88 valence electrons. The second-order valence-corrected chi connectivity index (χ2v) is 4.56. The third-order valence-electron chi connectivity index (χ3n) is 3.13. The van der Waals surface area contributed by atoms with E-state index < -0.39 is 5.97 Å². The summed E-state index contributed by atoms with van der Waals surface area (Å²) < 4.78 is 0. The maximum absolute atomic E-state index is 10.5. The first-order valence-electron chi connectivity index (χ1n) is 6.19. The first kappa shape index (κ1) is 12.5. The van der Waals surface area contributed by atoms with Gasteiger partial charge in [-0.25, -0.2) is 0 Å². The highest BCUT2D eigenvalue weighted by molar-refractivity contribution is 5.71. The third kappa shape index (κ3) is 4.65. The first-order chi connectivity index (χ1) is 7.24. The predicted octanol–water partition coefficient (Wildman–Crippen LogP) is 2.36. The van der Waals surface area contributed by atoms with Gasteiger partial charge in [0.05, 0.1) is 5.92 Å². The highest BCUT2D eigenvalue weighted by Gasteiger charge is 2.31. The van der Waals surface area contributed by atoms with Crippen LogP contribution in [0.1, 0.15) is 45.4 Å². The molecule has 15 heavy (non-hydrogen) atoms. The van der Waals surface area contributed by atoms with Crippen LogP contribution in [0.25, 0.3) is 0 Å². The zero-order valence-electron chi connectivity index (χ0n) is 9.74. The lowest BCUT2D eigenvalue weighted by Gasteiger charge is -2.36. The smallest absolute Gasteiger partial charge is 0.309 e. The fourth-order valence-corrected chi connectivity index (χ4v) is 2.02. The SMILES string of the molecule is CCCCCCCCN1CC(C(=O)O)C1. The van der Waals surface area contributed by atoms with Crippen LogP contribution >= 0.6 is 0 Å². The Bertz CT molecular complexity index is 188. The molecule has 0 bridgehead atoms. The van der Waals surface area contributed by atoms with Gasteiger partial charge in [0, 0.05) is 13.1 Å². The summed E-state index contributed by atoms with van der Waals surface area (Å²) >= 11 is 0. The molecule has 0 aromatic heterocycles. The highest BCUT2D eigenvalue weighted by Crippen LogP contribution is 2.16. The molecule has 1 heterocycles. The summed E-state index contributed by atoms with van der Waals surface area (Å²) in [6, 6.07) is 0. The number of aliphatic carboxylic acids is 1. The second-order valence-electron chi connectivity index (χ2n) is 4.56. The molecule has 0 aromatic carbocycles. The fourth-order valence-electron chi connectivity index (χ4n) is 2.02. The van der Waals surface area contributed by atoms with E-state index in [-0.39, 0.29) is 5.92 Å². The lowest BCUT2D eigenvalue weighted by Crippen LogP contribution is -2.50. The van der Waals surface area contributed by atoms with Gasteiger partial charge >= 0.3 is 5.97 Å². The van der Waals surface area contributed by atoms with Crippen molar-refractivity contribution in [2.45, 2.75) is 45.4 Å². The van der Waals surface area contributed by atoms with Crippen LogP contribution in [-0.4, -0.2) is 35.6 Å². The largest absolute Gasteiger partial charge is 0.481 e. The van der Waals surface area contributed by atoms with Crippen LogP contribution in [0.15, 0.2) is 0 Å². The van der Waals surface area contributed by atoms with E-state index in [1.807, 2.05) is 0 Å². The molecule has 0 atom stereocenters. The minimum atomic E-state index is -0.630. The molecule has 1 fully saturated rings. The maximum atomic E-state index is 10.5. The van der Waals surface area contributed by atoms with E-state index in [2.05, 4.69) is 11.8 Å². The minimum absolute atomic E-state index is 0.0925. The molecule has 0 unspecified atom stereocenters. The molecule has 3 heteroatoms. The first-order valence-corrected chi connectivity index (χ1v) is 6.19. The standard InChI is InChI=1S/C12H23NO2/c1-2-3-4-5-6-7-8-13-9-11(10-13)12(14)15/h11H,2-10H2,1H3,(H,14,15). The number of unbranched alkanes of at least 4 members (excludes halogenated alkanes) is 5. The van der Waals surface area contributed by atoms with Gasteiger partial charge in [0.1, 0.15) is 0 Å². The Morgan fingerprint density at radius 2 is 1.80 bits per heavy atom. The molecule has 0 aromatic rings. The lowest BCUT2D eigenvalue weighted by molar-refractivity contribution is -0.147. The van der Waals surface area contributed by atoms with Gasteiger partial charge < -0.3 is 10.0 Å². The number of hydrogen-bond donors (Lipinski definition) is 1. The number of rotatable bonds is 8. The van der Waals surface area contributed by atoms with Gasteiger partial charge in [-0.05, 0) is 13.0 Å². The second kappa shape index (κ2) is 6.83. The van der Waals surface area contributed by atoms with Crippen molar-refractivity contribution in [2.24, 2.45) is 5.92 Å². The summed E-state index contributed by atoms with van der Waals surface area (Å²) in [6.45, 7) is 4.86. The van der Waals surface area contributed by atoms with Crippen LogP contribution in [0.4, 0.5) is 0 Å². The van der Waals surface area contributed by atoms with Gasteiger partial charge in [0.15, 0.2) is 0 Å².